The van der Waals surface area contributed by atoms with Crippen LogP contribution in [0.25, 0.3) is 0 Å². The lowest BCUT2D eigenvalue weighted by atomic mass is 10.1. The highest BCUT2D eigenvalue weighted by molar-refractivity contribution is 9.10. The minimum atomic E-state index is -3.13. The Balaban J connectivity index is 2.30. The van der Waals surface area contributed by atoms with Crippen LogP contribution in [0, 0.1) is 5.82 Å². The number of benzene rings is 1. The van der Waals surface area contributed by atoms with Gasteiger partial charge in [-0.15, -0.1) is 0 Å². The van der Waals surface area contributed by atoms with E-state index in [0.717, 1.165) is 6.26 Å². The lowest BCUT2D eigenvalue weighted by Crippen LogP contribution is -2.42. The number of aryl methyl sites for hydroxylation is 1. The van der Waals surface area contributed by atoms with Gasteiger partial charge in [0.25, 0.3) is 0 Å². The van der Waals surface area contributed by atoms with Gasteiger partial charge in [-0.3, -0.25) is 4.79 Å². The molecule has 0 heterocycles. The van der Waals surface area contributed by atoms with Gasteiger partial charge in [-0.2, -0.15) is 0 Å². The number of carbonyl (C=O) groups excluding carboxylic acids is 1. The molecule has 0 aliphatic carbocycles. The number of amides is 1. The molecule has 3 N–H and O–H groups in total. The smallest absolute Gasteiger partial charge is 0.236 e. The van der Waals surface area contributed by atoms with Crippen molar-refractivity contribution in [1.29, 1.82) is 0 Å². The highest BCUT2D eigenvalue weighted by Gasteiger charge is 2.15. The number of nitrogens with two attached hydrogens (primary N) is 1. The topological polar surface area (TPSA) is 89.3 Å². The zero-order valence-corrected chi connectivity index (χ0v) is 14.7. The first-order chi connectivity index (χ1) is 10.2. The van der Waals surface area contributed by atoms with Gasteiger partial charge in [0.15, 0.2) is 0 Å². The molecule has 0 bridgehead atoms. The van der Waals surface area contributed by atoms with Gasteiger partial charge in [-0.1, -0.05) is 22.0 Å². The molecule has 1 aromatic carbocycles. The molecule has 0 radical (unpaired) electrons. The molecule has 22 heavy (non-hydrogen) atoms. The Bertz CT molecular complexity index is 623. The molecule has 1 amide bonds. The van der Waals surface area contributed by atoms with E-state index in [4.69, 9.17) is 5.73 Å². The fourth-order valence-corrected chi connectivity index (χ4v) is 2.83. The van der Waals surface area contributed by atoms with E-state index in [1.807, 2.05) is 0 Å². The van der Waals surface area contributed by atoms with Gasteiger partial charge in [-0.05, 0) is 37.0 Å². The standard InChI is InChI=1S/C14H20BrFN2O3S/c1-22(20,21)8-6-13(17)14(19)18-7-2-3-10-4-5-11(15)9-12(10)16/h4-5,9,13H,2-3,6-8,17H2,1H3,(H,18,19). The van der Waals surface area contributed by atoms with Crippen LogP contribution >= 0.6 is 15.9 Å². The van der Waals surface area contributed by atoms with E-state index in [-0.39, 0.29) is 23.9 Å². The second-order valence-electron chi connectivity index (χ2n) is 5.16. The molecule has 1 aromatic rings. The summed E-state index contributed by atoms with van der Waals surface area (Å²) in [6.45, 7) is 0.362. The van der Waals surface area contributed by atoms with Crippen LogP contribution in [-0.2, 0) is 21.1 Å². The molecular formula is C14H20BrFN2O3S. The fraction of sp³-hybridized carbons (Fsp3) is 0.500. The van der Waals surface area contributed by atoms with Gasteiger partial charge in [0.2, 0.25) is 5.91 Å². The third-order valence-corrected chi connectivity index (χ3v) is 4.54. The average Bonchev–Trinajstić information content (AvgIpc) is 2.41. The predicted octanol–water partition coefficient (Wildman–Crippen LogP) is 1.40. The number of nitrogens with one attached hydrogen (secondary N) is 1. The molecular weight excluding hydrogens is 375 g/mol. The maximum Gasteiger partial charge on any atom is 0.236 e. The molecule has 0 saturated carbocycles. The largest absolute Gasteiger partial charge is 0.355 e. The molecule has 0 saturated heterocycles. The Morgan fingerprint density at radius 1 is 1.45 bits per heavy atom. The molecule has 1 atom stereocenters. The summed E-state index contributed by atoms with van der Waals surface area (Å²) in [5.74, 6) is -0.795. The number of carbonyl (C=O) groups is 1. The van der Waals surface area contributed by atoms with Crippen molar-refractivity contribution >= 4 is 31.7 Å². The number of rotatable bonds is 8. The quantitative estimate of drug-likeness (QED) is 0.652. The number of hydrogen-bond donors (Lipinski definition) is 2. The van der Waals surface area contributed by atoms with Crippen molar-refractivity contribution in [2.24, 2.45) is 5.73 Å². The van der Waals surface area contributed by atoms with Crippen LogP contribution in [0.3, 0.4) is 0 Å². The van der Waals surface area contributed by atoms with Gasteiger partial charge in [0.05, 0.1) is 11.8 Å². The second kappa shape index (κ2) is 8.59. The molecule has 8 heteroatoms. The lowest BCUT2D eigenvalue weighted by molar-refractivity contribution is -0.122. The zero-order chi connectivity index (χ0) is 16.8. The Morgan fingerprint density at radius 3 is 2.73 bits per heavy atom. The van der Waals surface area contributed by atoms with Crippen LogP contribution in [0.4, 0.5) is 4.39 Å². The molecule has 0 aliphatic heterocycles. The summed E-state index contributed by atoms with van der Waals surface area (Å²) in [5, 5.41) is 2.63. The third kappa shape index (κ3) is 7.33. The van der Waals surface area contributed by atoms with Crippen LogP contribution in [0.2, 0.25) is 0 Å². The molecule has 1 rings (SSSR count). The summed E-state index contributed by atoms with van der Waals surface area (Å²) in [6.07, 6.45) is 2.26. The first-order valence-electron chi connectivity index (χ1n) is 6.84. The van der Waals surface area contributed by atoms with Crippen molar-refractivity contribution in [3.63, 3.8) is 0 Å². The SMILES string of the molecule is CS(=O)(=O)CCC(N)C(=O)NCCCc1ccc(Br)cc1F. The molecule has 0 spiro atoms. The Kier molecular flexibility index (Phi) is 7.44. The van der Waals surface area contributed by atoms with Crippen molar-refractivity contribution in [2.45, 2.75) is 25.3 Å². The molecule has 0 fully saturated rings. The number of sulfone groups is 1. The zero-order valence-electron chi connectivity index (χ0n) is 12.3. The normalized spacial score (nSPS) is 12.9. The maximum absolute atomic E-state index is 13.6. The summed E-state index contributed by atoms with van der Waals surface area (Å²) in [7, 11) is -3.13. The summed E-state index contributed by atoms with van der Waals surface area (Å²) in [4.78, 5) is 11.7. The third-order valence-electron chi connectivity index (χ3n) is 3.07. The lowest BCUT2D eigenvalue weighted by Gasteiger charge is -2.11. The van der Waals surface area contributed by atoms with E-state index in [2.05, 4.69) is 21.2 Å². The van der Waals surface area contributed by atoms with Gasteiger partial charge >= 0.3 is 0 Å². The minimum absolute atomic E-state index is 0.0893. The van der Waals surface area contributed by atoms with Crippen LogP contribution in [-0.4, -0.2) is 38.9 Å². The van der Waals surface area contributed by atoms with Crippen molar-refractivity contribution in [1.82, 2.24) is 5.32 Å². The summed E-state index contributed by atoms with van der Waals surface area (Å²) in [5.41, 5.74) is 6.20. The van der Waals surface area contributed by atoms with Crippen molar-refractivity contribution in [3.05, 3.63) is 34.1 Å². The molecule has 0 aromatic heterocycles. The average molecular weight is 395 g/mol. The van der Waals surface area contributed by atoms with E-state index in [1.165, 1.54) is 6.07 Å². The molecule has 5 nitrogen and oxygen atoms in total. The van der Waals surface area contributed by atoms with E-state index in [0.29, 0.717) is 29.4 Å². The minimum Gasteiger partial charge on any atom is -0.355 e. The molecule has 1 unspecified atom stereocenters. The van der Waals surface area contributed by atoms with Gasteiger partial charge < -0.3 is 11.1 Å². The summed E-state index contributed by atoms with van der Waals surface area (Å²) < 4.78 is 36.3. The van der Waals surface area contributed by atoms with E-state index >= 15 is 0 Å². The van der Waals surface area contributed by atoms with Crippen molar-refractivity contribution in [2.75, 3.05) is 18.6 Å². The highest BCUT2D eigenvalue weighted by Crippen LogP contribution is 2.16. The van der Waals surface area contributed by atoms with Crippen LogP contribution in [0.1, 0.15) is 18.4 Å². The molecule has 124 valence electrons. The number of hydrogen-bond acceptors (Lipinski definition) is 4. The monoisotopic (exact) mass is 394 g/mol. The first-order valence-corrected chi connectivity index (χ1v) is 9.69. The van der Waals surface area contributed by atoms with Gasteiger partial charge in [-0.25, -0.2) is 12.8 Å². The van der Waals surface area contributed by atoms with Gasteiger partial charge in [0.1, 0.15) is 15.7 Å². The van der Waals surface area contributed by atoms with Crippen LogP contribution < -0.4 is 11.1 Å². The number of halogens is 2. The fourth-order valence-electron chi connectivity index (χ4n) is 1.82. The van der Waals surface area contributed by atoms with E-state index in [9.17, 15) is 17.6 Å². The van der Waals surface area contributed by atoms with E-state index in [1.54, 1.807) is 12.1 Å². The maximum atomic E-state index is 13.6. The Labute approximate surface area is 138 Å². The second-order valence-corrected chi connectivity index (χ2v) is 8.33. The highest BCUT2D eigenvalue weighted by atomic mass is 79.9. The Hall–Kier alpha value is -0.990. The van der Waals surface area contributed by atoms with Gasteiger partial charge in [0, 0.05) is 17.3 Å². The first kappa shape index (κ1) is 19.1. The van der Waals surface area contributed by atoms with Crippen LogP contribution in [0.15, 0.2) is 22.7 Å². The van der Waals surface area contributed by atoms with Crippen molar-refractivity contribution in [3.8, 4) is 0 Å². The predicted molar refractivity (Wildman–Crippen MR) is 87.7 cm³/mol. The summed E-state index contributed by atoms with van der Waals surface area (Å²) >= 11 is 3.19. The van der Waals surface area contributed by atoms with E-state index < -0.39 is 15.9 Å². The summed E-state index contributed by atoms with van der Waals surface area (Å²) in [6, 6.07) is 4.01. The van der Waals surface area contributed by atoms with Crippen molar-refractivity contribution < 1.29 is 17.6 Å². The molecule has 0 aliphatic rings. The van der Waals surface area contributed by atoms with Crippen LogP contribution in [0.5, 0.6) is 0 Å². The Morgan fingerprint density at radius 2 is 2.14 bits per heavy atom.